The molecule has 3 heteroatoms. The number of thioether (sulfide) groups is 1. The Bertz CT molecular complexity index is 700. The second-order valence-electron chi connectivity index (χ2n) is 4.50. The average Bonchev–Trinajstić information content (AvgIpc) is 2.85. The van der Waals surface area contributed by atoms with E-state index in [2.05, 4.69) is 47.8 Å². The van der Waals surface area contributed by atoms with E-state index in [-0.39, 0.29) is 0 Å². The molecule has 1 nitrogen and oxygen atoms in total. The number of fused-ring (bicyclic) bond motifs is 1. The normalized spacial score (nSPS) is 11.1. The van der Waals surface area contributed by atoms with Crippen molar-refractivity contribution in [3.63, 3.8) is 0 Å². The Morgan fingerprint density at radius 3 is 2.63 bits per heavy atom. The van der Waals surface area contributed by atoms with Crippen molar-refractivity contribution in [2.24, 2.45) is 0 Å². The number of aromatic amines is 1. The van der Waals surface area contributed by atoms with Crippen molar-refractivity contribution in [2.75, 3.05) is 6.26 Å². The van der Waals surface area contributed by atoms with Gasteiger partial charge in [0, 0.05) is 27.0 Å². The van der Waals surface area contributed by atoms with E-state index in [0.717, 1.165) is 11.4 Å². The summed E-state index contributed by atoms with van der Waals surface area (Å²) in [4.78, 5) is 4.68. The Morgan fingerprint density at radius 2 is 1.89 bits per heavy atom. The molecule has 96 valence electrons. The zero-order chi connectivity index (χ0) is 13.2. The van der Waals surface area contributed by atoms with Crippen LogP contribution in [0, 0.1) is 0 Å². The molecular weight excluding hydrogens is 274 g/mol. The lowest BCUT2D eigenvalue weighted by Crippen LogP contribution is -1.87. The highest BCUT2D eigenvalue weighted by Crippen LogP contribution is 2.30. The van der Waals surface area contributed by atoms with Gasteiger partial charge < -0.3 is 4.98 Å². The quantitative estimate of drug-likeness (QED) is 0.660. The Balaban J connectivity index is 2.03. The minimum absolute atomic E-state index is 0.785. The molecule has 0 spiro atoms. The second-order valence-corrected chi connectivity index (χ2v) is 5.78. The first-order valence-corrected chi connectivity index (χ1v) is 7.75. The lowest BCUT2D eigenvalue weighted by molar-refractivity contribution is 1.20. The fourth-order valence-corrected chi connectivity index (χ4v) is 3.14. The number of aromatic nitrogens is 1. The molecule has 19 heavy (non-hydrogen) atoms. The molecule has 0 amide bonds. The Hall–Kier alpha value is -1.38. The van der Waals surface area contributed by atoms with Gasteiger partial charge in [-0.15, -0.1) is 11.8 Å². The van der Waals surface area contributed by atoms with Crippen LogP contribution in [0.25, 0.3) is 10.9 Å². The molecule has 0 saturated carbocycles. The van der Waals surface area contributed by atoms with Gasteiger partial charge in [0.15, 0.2) is 0 Å². The molecular formula is C16H14ClNS. The maximum atomic E-state index is 5.93. The molecule has 0 bridgehead atoms. The van der Waals surface area contributed by atoms with Gasteiger partial charge >= 0.3 is 0 Å². The molecule has 0 aliphatic rings. The van der Waals surface area contributed by atoms with Gasteiger partial charge in [-0.3, -0.25) is 0 Å². The summed E-state index contributed by atoms with van der Waals surface area (Å²) >= 11 is 7.72. The van der Waals surface area contributed by atoms with Gasteiger partial charge in [0.1, 0.15) is 0 Å². The molecule has 0 atom stereocenters. The van der Waals surface area contributed by atoms with Crippen LogP contribution in [-0.4, -0.2) is 11.2 Å². The van der Waals surface area contributed by atoms with Gasteiger partial charge in [-0.1, -0.05) is 29.8 Å². The van der Waals surface area contributed by atoms with Gasteiger partial charge in [-0.2, -0.15) is 0 Å². The first kappa shape index (κ1) is 12.6. The van der Waals surface area contributed by atoms with Gasteiger partial charge in [-0.05, 0) is 48.1 Å². The van der Waals surface area contributed by atoms with Crippen LogP contribution in [-0.2, 0) is 6.42 Å². The number of hydrogen-bond donors (Lipinski definition) is 1. The summed E-state index contributed by atoms with van der Waals surface area (Å²) in [6, 6.07) is 14.5. The van der Waals surface area contributed by atoms with E-state index in [1.54, 1.807) is 11.8 Å². The lowest BCUT2D eigenvalue weighted by Gasteiger charge is -2.04. The summed E-state index contributed by atoms with van der Waals surface area (Å²) in [5.74, 6) is 0. The van der Waals surface area contributed by atoms with Gasteiger partial charge in [-0.25, -0.2) is 0 Å². The van der Waals surface area contributed by atoms with Gasteiger partial charge in [0.25, 0.3) is 0 Å². The number of H-pyrrole nitrogens is 1. The van der Waals surface area contributed by atoms with Crippen LogP contribution in [0.2, 0.25) is 5.02 Å². The molecule has 0 aliphatic heterocycles. The van der Waals surface area contributed by atoms with Crippen LogP contribution in [0.3, 0.4) is 0 Å². The van der Waals surface area contributed by atoms with E-state index in [1.165, 1.54) is 26.9 Å². The highest BCUT2D eigenvalue weighted by atomic mass is 35.5. The minimum atomic E-state index is 0.785. The molecule has 2 aromatic carbocycles. The van der Waals surface area contributed by atoms with Crippen LogP contribution in [0.5, 0.6) is 0 Å². The second kappa shape index (κ2) is 5.32. The molecule has 1 heterocycles. The van der Waals surface area contributed by atoms with E-state index in [0.29, 0.717) is 0 Å². The molecule has 3 aromatic rings. The molecule has 1 aromatic heterocycles. The third-order valence-electron chi connectivity index (χ3n) is 3.28. The summed E-state index contributed by atoms with van der Waals surface area (Å²) in [6.45, 7) is 0. The first-order chi connectivity index (χ1) is 9.28. The van der Waals surface area contributed by atoms with Crippen LogP contribution in [0.1, 0.15) is 11.1 Å². The van der Waals surface area contributed by atoms with Crippen molar-refractivity contribution in [1.29, 1.82) is 0 Å². The van der Waals surface area contributed by atoms with Crippen LogP contribution in [0.15, 0.2) is 53.6 Å². The van der Waals surface area contributed by atoms with E-state index >= 15 is 0 Å². The summed E-state index contributed by atoms with van der Waals surface area (Å²) in [5.41, 5.74) is 3.82. The number of halogens is 1. The number of hydrogen-bond acceptors (Lipinski definition) is 1. The Morgan fingerprint density at radius 1 is 1.11 bits per heavy atom. The Kier molecular flexibility index (Phi) is 3.54. The number of benzene rings is 2. The molecule has 0 aliphatic carbocycles. The van der Waals surface area contributed by atoms with Crippen LogP contribution < -0.4 is 0 Å². The van der Waals surface area contributed by atoms with Crippen molar-refractivity contribution in [2.45, 2.75) is 11.3 Å². The number of nitrogens with one attached hydrogen (secondary N) is 1. The van der Waals surface area contributed by atoms with Crippen molar-refractivity contribution < 1.29 is 0 Å². The van der Waals surface area contributed by atoms with E-state index < -0.39 is 0 Å². The average molecular weight is 288 g/mol. The highest BCUT2D eigenvalue weighted by molar-refractivity contribution is 7.98. The third-order valence-corrected chi connectivity index (χ3v) is 4.31. The minimum Gasteiger partial charge on any atom is -0.361 e. The fraction of sp³-hybridized carbons (Fsp3) is 0.125. The molecule has 0 radical (unpaired) electrons. The van der Waals surface area contributed by atoms with Gasteiger partial charge in [0.2, 0.25) is 0 Å². The smallest absolute Gasteiger partial charge is 0.0468 e. The monoisotopic (exact) mass is 287 g/mol. The summed E-state index contributed by atoms with van der Waals surface area (Å²) < 4.78 is 0. The zero-order valence-corrected chi connectivity index (χ0v) is 12.2. The summed E-state index contributed by atoms with van der Waals surface area (Å²) in [7, 11) is 0. The highest BCUT2D eigenvalue weighted by Gasteiger charge is 2.08. The van der Waals surface area contributed by atoms with Crippen molar-refractivity contribution in [3.8, 4) is 0 Å². The number of rotatable bonds is 3. The molecule has 0 saturated heterocycles. The van der Waals surface area contributed by atoms with Gasteiger partial charge in [0.05, 0.1) is 0 Å². The van der Waals surface area contributed by atoms with Crippen molar-refractivity contribution in [1.82, 2.24) is 4.98 Å². The summed E-state index contributed by atoms with van der Waals surface area (Å²) in [6.07, 6.45) is 5.15. The maximum Gasteiger partial charge on any atom is 0.0468 e. The van der Waals surface area contributed by atoms with Crippen molar-refractivity contribution in [3.05, 3.63) is 64.8 Å². The predicted molar refractivity (Wildman–Crippen MR) is 84.3 cm³/mol. The standard InChI is InChI=1S/C16H14ClNS/c1-19-15-4-2-3-14-16(15)12(10-18-14)9-11-5-7-13(17)8-6-11/h2-8,10,18H,9H2,1H3. The first-order valence-electron chi connectivity index (χ1n) is 6.15. The third kappa shape index (κ3) is 2.51. The topological polar surface area (TPSA) is 15.8 Å². The zero-order valence-electron chi connectivity index (χ0n) is 10.6. The van der Waals surface area contributed by atoms with E-state index in [9.17, 15) is 0 Å². The van der Waals surface area contributed by atoms with Crippen LogP contribution >= 0.6 is 23.4 Å². The predicted octanol–water partition coefficient (Wildman–Crippen LogP) is 5.13. The maximum absolute atomic E-state index is 5.93. The van der Waals surface area contributed by atoms with E-state index in [4.69, 9.17) is 11.6 Å². The largest absolute Gasteiger partial charge is 0.361 e. The lowest BCUT2D eigenvalue weighted by atomic mass is 10.0. The molecule has 0 unspecified atom stereocenters. The molecule has 3 rings (SSSR count). The Labute approximate surface area is 122 Å². The molecule has 1 N–H and O–H groups in total. The van der Waals surface area contributed by atoms with Crippen LogP contribution in [0.4, 0.5) is 0 Å². The fourth-order valence-electron chi connectivity index (χ4n) is 2.35. The SMILES string of the molecule is CSc1cccc2[nH]cc(Cc3ccc(Cl)cc3)c12. The summed E-state index contributed by atoms with van der Waals surface area (Å²) in [5, 5.41) is 2.12. The van der Waals surface area contributed by atoms with E-state index in [1.807, 2.05) is 12.1 Å². The molecule has 0 fully saturated rings. The van der Waals surface area contributed by atoms with Crippen molar-refractivity contribution >= 4 is 34.3 Å².